The fourth-order valence-corrected chi connectivity index (χ4v) is 3.66. The number of aliphatic hydroxyl groups excluding tert-OH is 1. The van der Waals surface area contributed by atoms with E-state index in [9.17, 15) is 5.11 Å². The van der Waals surface area contributed by atoms with E-state index < -0.39 is 0 Å². The van der Waals surface area contributed by atoms with Gasteiger partial charge in [-0.05, 0) is 63.4 Å². The van der Waals surface area contributed by atoms with Gasteiger partial charge in [-0.1, -0.05) is 54.1 Å². The topological polar surface area (TPSA) is 20.2 Å². The Morgan fingerprint density at radius 2 is 1.59 bits per heavy atom. The Kier molecular flexibility index (Phi) is 2.91. The van der Waals surface area contributed by atoms with Gasteiger partial charge in [0.2, 0.25) is 0 Å². The second-order valence-corrected chi connectivity index (χ2v) is 6.08. The van der Waals surface area contributed by atoms with E-state index >= 15 is 0 Å². The van der Waals surface area contributed by atoms with Gasteiger partial charge in [-0.3, -0.25) is 0 Å². The van der Waals surface area contributed by atoms with Crippen molar-refractivity contribution in [3.63, 3.8) is 0 Å². The van der Waals surface area contributed by atoms with Crippen molar-refractivity contribution < 1.29 is 5.11 Å². The smallest absolute Gasteiger partial charge is 0.0688 e. The zero-order chi connectivity index (χ0) is 15.3. The molecule has 0 heterocycles. The number of aryl methyl sites for hydroxylation is 2. The molecule has 108 valence electrons. The van der Waals surface area contributed by atoms with E-state index in [1.165, 1.54) is 38.1 Å². The lowest BCUT2D eigenvalue weighted by molar-refractivity contribution is 0.283. The van der Waals surface area contributed by atoms with Crippen LogP contribution >= 0.6 is 0 Å². The lowest BCUT2D eigenvalue weighted by atomic mass is 9.90. The zero-order valence-corrected chi connectivity index (χ0v) is 12.9. The molecule has 0 unspecified atom stereocenters. The number of fused-ring (bicyclic) bond motifs is 5. The van der Waals surface area contributed by atoms with E-state index in [0.29, 0.717) is 0 Å². The van der Waals surface area contributed by atoms with Crippen molar-refractivity contribution in [3.05, 3.63) is 71.3 Å². The number of rotatable bonds is 1. The fraction of sp³-hybridized carbons (Fsp3) is 0.143. The molecule has 4 aromatic rings. The third-order valence-corrected chi connectivity index (χ3v) is 4.54. The second-order valence-electron chi connectivity index (χ2n) is 6.08. The Hall–Kier alpha value is -2.38. The summed E-state index contributed by atoms with van der Waals surface area (Å²) in [6.07, 6.45) is 0. The number of hydrogen-bond acceptors (Lipinski definition) is 1. The molecule has 1 heteroatoms. The van der Waals surface area contributed by atoms with Crippen LogP contribution in [0.4, 0.5) is 0 Å². The van der Waals surface area contributed by atoms with Crippen molar-refractivity contribution in [3.8, 4) is 0 Å². The molecule has 0 amide bonds. The lowest BCUT2D eigenvalue weighted by Gasteiger charge is -2.14. The van der Waals surface area contributed by atoms with Gasteiger partial charge in [0.1, 0.15) is 0 Å². The standard InChI is InChI=1S/C21H18O/c1-13-9-14(2)20-16(10-13)11-17(12-22)19-8-7-15-5-3-4-6-18(15)21(19)20/h3-11,22H,12H2,1-2H3. The Morgan fingerprint density at radius 1 is 0.773 bits per heavy atom. The van der Waals surface area contributed by atoms with E-state index in [1.54, 1.807) is 0 Å². The number of aliphatic hydroxyl groups is 1. The molecule has 0 aliphatic carbocycles. The van der Waals surface area contributed by atoms with Crippen LogP contribution in [0, 0.1) is 13.8 Å². The van der Waals surface area contributed by atoms with Crippen LogP contribution in [0.3, 0.4) is 0 Å². The lowest BCUT2D eigenvalue weighted by Crippen LogP contribution is -1.92. The molecule has 0 saturated heterocycles. The van der Waals surface area contributed by atoms with Gasteiger partial charge in [-0.25, -0.2) is 0 Å². The highest BCUT2D eigenvalue weighted by Crippen LogP contribution is 2.36. The van der Waals surface area contributed by atoms with E-state index in [4.69, 9.17) is 0 Å². The third kappa shape index (κ3) is 1.83. The van der Waals surface area contributed by atoms with Crippen LogP contribution in [0.1, 0.15) is 16.7 Å². The quantitative estimate of drug-likeness (QED) is 0.473. The Morgan fingerprint density at radius 3 is 2.41 bits per heavy atom. The molecule has 1 nitrogen and oxygen atoms in total. The summed E-state index contributed by atoms with van der Waals surface area (Å²) in [5.74, 6) is 0. The maximum Gasteiger partial charge on any atom is 0.0688 e. The second kappa shape index (κ2) is 4.82. The van der Waals surface area contributed by atoms with Crippen molar-refractivity contribution in [1.29, 1.82) is 0 Å². The molecule has 1 N–H and O–H groups in total. The van der Waals surface area contributed by atoms with E-state index in [1.807, 2.05) is 0 Å². The predicted octanol–water partition coefficient (Wildman–Crippen LogP) is 5.26. The van der Waals surface area contributed by atoms with Gasteiger partial charge in [0, 0.05) is 0 Å². The van der Waals surface area contributed by atoms with Gasteiger partial charge in [0.05, 0.1) is 6.61 Å². The third-order valence-electron chi connectivity index (χ3n) is 4.54. The van der Waals surface area contributed by atoms with Crippen molar-refractivity contribution in [2.75, 3.05) is 0 Å². The summed E-state index contributed by atoms with van der Waals surface area (Å²) in [6, 6.07) is 19.4. The first-order valence-corrected chi connectivity index (χ1v) is 7.64. The highest BCUT2D eigenvalue weighted by Gasteiger charge is 2.11. The van der Waals surface area contributed by atoms with Crippen molar-refractivity contribution >= 4 is 32.3 Å². The fourth-order valence-electron chi connectivity index (χ4n) is 3.66. The van der Waals surface area contributed by atoms with Gasteiger partial charge >= 0.3 is 0 Å². The molecular weight excluding hydrogens is 268 g/mol. The number of benzene rings is 4. The highest BCUT2D eigenvalue weighted by molar-refractivity contribution is 6.22. The average Bonchev–Trinajstić information content (AvgIpc) is 2.53. The maximum atomic E-state index is 9.81. The minimum Gasteiger partial charge on any atom is -0.392 e. The first-order chi connectivity index (χ1) is 10.7. The Bertz CT molecular complexity index is 1030. The summed E-state index contributed by atoms with van der Waals surface area (Å²) in [7, 11) is 0. The van der Waals surface area contributed by atoms with Gasteiger partial charge in [-0.15, -0.1) is 0 Å². The van der Waals surface area contributed by atoms with Crippen molar-refractivity contribution in [1.82, 2.24) is 0 Å². The molecule has 0 radical (unpaired) electrons. The summed E-state index contributed by atoms with van der Waals surface area (Å²) in [6.45, 7) is 4.37. The Labute approximate surface area is 129 Å². The van der Waals surface area contributed by atoms with Crippen LogP contribution in [0.2, 0.25) is 0 Å². The van der Waals surface area contributed by atoms with Crippen LogP contribution in [0.25, 0.3) is 32.3 Å². The maximum absolute atomic E-state index is 9.81. The van der Waals surface area contributed by atoms with Crippen LogP contribution in [0.15, 0.2) is 54.6 Å². The first kappa shape index (κ1) is 13.3. The van der Waals surface area contributed by atoms with Gasteiger partial charge in [0.15, 0.2) is 0 Å². The normalized spacial score (nSPS) is 11.6. The first-order valence-electron chi connectivity index (χ1n) is 7.64. The van der Waals surface area contributed by atoms with Gasteiger partial charge in [-0.2, -0.15) is 0 Å². The minimum atomic E-state index is 0.0672. The van der Waals surface area contributed by atoms with E-state index in [2.05, 4.69) is 68.4 Å². The van der Waals surface area contributed by atoms with E-state index in [-0.39, 0.29) is 6.61 Å². The molecule has 0 fully saturated rings. The molecule has 0 spiro atoms. The molecule has 0 aliphatic heterocycles. The monoisotopic (exact) mass is 286 g/mol. The summed E-state index contributed by atoms with van der Waals surface area (Å²) in [5.41, 5.74) is 3.55. The highest BCUT2D eigenvalue weighted by atomic mass is 16.3. The molecule has 0 aromatic heterocycles. The minimum absolute atomic E-state index is 0.0672. The molecule has 4 rings (SSSR count). The summed E-state index contributed by atoms with van der Waals surface area (Å²) in [4.78, 5) is 0. The van der Waals surface area contributed by atoms with Crippen LogP contribution in [-0.2, 0) is 6.61 Å². The van der Waals surface area contributed by atoms with Crippen molar-refractivity contribution in [2.24, 2.45) is 0 Å². The molecule has 0 atom stereocenters. The van der Waals surface area contributed by atoms with Crippen LogP contribution in [-0.4, -0.2) is 5.11 Å². The molecule has 4 aromatic carbocycles. The predicted molar refractivity (Wildman–Crippen MR) is 94.4 cm³/mol. The Balaban J connectivity index is 2.38. The van der Waals surface area contributed by atoms with E-state index in [0.717, 1.165) is 10.9 Å². The molecule has 0 bridgehead atoms. The molecule has 0 aliphatic rings. The summed E-state index contributed by atoms with van der Waals surface area (Å²) >= 11 is 0. The molecule has 0 saturated carbocycles. The van der Waals surface area contributed by atoms with Gasteiger partial charge in [0.25, 0.3) is 0 Å². The largest absolute Gasteiger partial charge is 0.392 e. The number of hydrogen-bond donors (Lipinski definition) is 1. The summed E-state index contributed by atoms with van der Waals surface area (Å²) < 4.78 is 0. The molecule has 22 heavy (non-hydrogen) atoms. The van der Waals surface area contributed by atoms with Crippen LogP contribution < -0.4 is 0 Å². The average molecular weight is 286 g/mol. The molecular formula is C21H18O. The SMILES string of the molecule is Cc1cc(C)c2c(c1)cc(CO)c1ccc3ccccc3c12. The van der Waals surface area contributed by atoms with Crippen LogP contribution in [0.5, 0.6) is 0 Å². The zero-order valence-electron chi connectivity index (χ0n) is 12.9. The van der Waals surface area contributed by atoms with Gasteiger partial charge < -0.3 is 5.11 Å². The summed E-state index contributed by atoms with van der Waals surface area (Å²) in [5, 5.41) is 17.2. The van der Waals surface area contributed by atoms with Crippen molar-refractivity contribution in [2.45, 2.75) is 20.5 Å².